The fourth-order valence-electron chi connectivity index (χ4n) is 2.71. The van der Waals surface area contributed by atoms with Gasteiger partial charge in [0.15, 0.2) is 5.82 Å². The standard InChI is InChI=1S/C19H14ClFN4O2/c1-11-16(18(26)22-10-12-6-2-5-9-15(12)21)27-19-23-17(24-25(11)19)13-7-3-4-8-14(13)20/h2-9H,10H2,1H3,(H,22,26). The molecule has 0 fully saturated rings. The van der Waals surface area contributed by atoms with E-state index in [1.807, 2.05) is 12.1 Å². The van der Waals surface area contributed by atoms with Gasteiger partial charge in [0, 0.05) is 17.7 Å². The van der Waals surface area contributed by atoms with Gasteiger partial charge in [-0.1, -0.05) is 41.9 Å². The van der Waals surface area contributed by atoms with E-state index in [4.69, 9.17) is 16.0 Å². The van der Waals surface area contributed by atoms with Crippen LogP contribution in [-0.4, -0.2) is 20.5 Å². The van der Waals surface area contributed by atoms with Crippen molar-refractivity contribution in [2.75, 3.05) is 0 Å². The highest BCUT2D eigenvalue weighted by atomic mass is 35.5. The Balaban J connectivity index is 1.59. The number of fused-ring (bicyclic) bond motifs is 1. The van der Waals surface area contributed by atoms with E-state index in [0.29, 0.717) is 27.7 Å². The van der Waals surface area contributed by atoms with Crippen molar-refractivity contribution in [1.29, 1.82) is 0 Å². The number of halogens is 2. The maximum atomic E-state index is 13.7. The van der Waals surface area contributed by atoms with Crippen molar-refractivity contribution in [3.8, 4) is 11.4 Å². The molecule has 0 aliphatic rings. The number of nitrogens with zero attached hydrogens (tertiary/aromatic N) is 3. The Morgan fingerprint density at radius 1 is 1.22 bits per heavy atom. The number of nitrogens with one attached hydrogen (secondary N) is 1. The summed E-state index contributed by atoms with van der Waals surface area (Å²) in [5.41, 5.74) is 1.55. The largest absolute Gasteiger partial charge is 0.416 e. The van der Waals surface area contributed by atoms with E-state index < -0.39 is 5.91 Å². The lowest BCUT2D eigenvalue weighted by atomic mass is 10.2. The fraction of sp³-hybridized carbons (Fsp3) is 0.105. The van der Waals surface area contributed by atoms with Gasteiger partial charge in [-0.2, -0.15) is 9.50 Å². The molecule has 27 heavy (non-hydrogen) atoms. The van der Waals surface area contributed by atoms with E-state index in [9.17, 15) is 9.18 Å². The first kappa shape index (κ1) is 17.2. The second-order valence-electron chi connectivity index (χ2n) is 5.90. The minimum atomic E-state index is -0.470. The van der Waals surface area contributed by atoms with E-state index in [1.165, 1.54) is 10.6 Å². The zero-order chi connectivity index (χ0) is 19.0. The molecule has 4 rings (SSSR count). The van der Waals surface area contributed by atoms with Crippen LogP contribution in [0.15, 0.2) is 52.9 Å². The SMILES string of the molecule is Cc1c(C(=O)NCc2ccccc2F)oc2nc(-c3ccccc3Cl)nn12. The Kier molecular flexibility index (Phi) is 4.37. The lowest BCUT2D eigenvalue weighted by Crippen LogP contribution is -2.23. The van der Waals surface area contributed by atoms with Crippen molar-refractivity contribution in [2.45, 2.75) is 13.5 Å². The number of aromatic nitrogens is 3. The Labute approximate surface area is 158 Å². The van der Waals surface area contributed by atoms with E-state index in [1.54, 1.807) is 37.3 Å². The third-order valence-corrected chi connectivity index (χ3v) is 4.46. The molecular weight excluding hydrogens is 371 g/mol. The number of hydrogen-bond donors (Lipinski definition) is 1. The molecule has 136 valence electrons. The van der Waals surface area contributed by atoms with Gasteiger partial charge in [-0.3, -0.25) is 4.79 Å². The Hall–Kier alpha value is -3.19. The highest BCUT2D eigenvalue weighted by Crippen LogP contribution is 2.26. The lowest BCUT2D eigenvalue weighted by molar-refractivity contribution is 0.0923. The molecule has 2 aromatic carbocycles. The number of rotatable bonds is 4. The van der Waals surface area contributed by atoms with Gasteiger partial charge in [-0.05, 0) is 25.1 Å². The van der Waals surface area contributed by atoms with Crippen molar-refractivity contribution < 1.29 is 13.6 Å². The first-order valence-electron chi connectivity index (χ1n) is 8.17. The molecule has 0 atom stereocenters. The monoisotopic (exact) mass is 384 g/mol. The second-order valence-corrected chi connectivity index (χ2v) is 6.31. The molecule has 2 aromatic heterocycles. The number of carbonyl (C=O) groups excluding carboxylic acids is 1. The maximum Gasteiger partial charge on any atom is 0.325 e. The molecule has 4 aromatic rings. The van der Waals surface area contributed by atoms with Crippen molar-refractivity contribution in [1.82, 2.24) is 19.9 Å². The summed E-state index contributed by atoms with van der Waals surface area (Å²) in [4.78, 5) is 16.7. The normalized spacial score (nSPS) is 11.1. The number of carbonyl (C=O) groups is 1. The van der Waals surface area contributed by atoms with Crippen LogP contribution in [0.3, 0.4) is 0 Å². The Morgan fingerprint density at radius 3 is 2.70 bits per heavy atom. The lowest BCUT2D eigenvalue weighted by Gasteiger charge is -2.04. The summed E-state index contributed by atoms with van der Waals surface area (Å²) in [6.45, 7) is 1.74. The van der Waals surface area contributed by atoms with Crippen LogP contribution in [-0.2, 0) is 6.54 Å². The average molecular weight is 385 g/mol. The van der Waals surface area contributed by atoms with Crippen LogP contribution >= 0.6 is 11.6 Å². The Bertz CT molecular complexity index is 1150. The van der Waals surface area contributed by atoms with Gasteiger partial charge >= 0.3 is 5.84 Å². The topological polar surface area (TPSA) is 72.4 Å². The molecule has 0 saturated carbocycles. The minimum absolute atomic E-state index is 0.0479. The molecule has 0 unspecified atom stereocenters. The summed E-state index contributed by atoms with van der Waals surface area (Å²) in [6.07, 6.45) is 0. The molecule has 0 saturated heterocycles. The smallest absolute Gasteiger partial charge is 0.325 e. The molecule has 0 aliphatic carbocycles. The van der Waals surface area contributed by atoms with E-state index in [-0.39, 0.29) is 24.0 Å². The van der Waals surface area contributed by atoms with Crippen molar-refractivity contribution in [2.24, 2.45) is 0 Å². The van der Waals surface area contributed by atoms with E-state index in [2.05, 4.69) is 15.4 Å². The van der Waals surface area contributed by atoms with Crippen LogP contribution in [0, 0.1) is 12.7 Å². The van der Waals surface area contributed by atoms with Crippen LogP contribution in [0.1, 0.15) is 21.8 Å². The highest BCUT2D eigenvalue weighted by molar-refractivity contribution is 6.33. The third-order valence-electron chi connectivity index (χ3n) is 4.14. The molecule has 0 spiro atoms. The van der Waals surface area contributed by atoms with Crippen LogP contribution in [0.5, 0.6) is 0 Å². The van der Waals surface area contributed by atoms with Crippen molar-refractivity contribution >= 4 is 23.4 Å². The minimum Gasteiger partial charge on any atom is -0.416 e. The molecule has 2 heterocycles. The summed E-state index contributed by atoms with van der Waals surface area (Å²) in [5.74, 6) is -0.191. The van der Waals surface area contributed by atoms with Gasteiger partial charge in [0.2, 0.25) is 5.76 Å². The first-order chi connectivity index (χ1) is 13.0. The molecule has 6 nitrogen and oxygen atoms in total. The van der Waals surface area contributed by atoms with Gasteiger partial charge < -0.3 is 9.73 Å². The number of amides is 1. The summed E-state index contributed by atoms with van der Waals surface area (Å²) in [7, 11) is 0. The van der Waals surface area contributed by atoms with Crippen molar-refractivity contribution in [3.63, 3.8) is 0 Å². The van der Waals surface area contributed by atoms with Crippen LogP contribution in [0.2, 0.25) is 5.02 Å². The summed E-state index contributed by atoms with van der Waals surface area (Å²) >= 11 is 6.17. The van der Waals surface area contributed by atoms with Gasteiger partial charge in [-0.25, -0.2) is 4.39 Å². The van der Waals surface area contributed by atoms with Gasteiger partial charge in [0.1, 0.15) is 5.82 Å². The zero-order valence-electron chi connectivity index (χ0n) is 14.2. The quantitative estimate of drug-likeness (QED) is 0.576. The summed E-state index contributed by atoms with van der Waals surface area (Å²) < 4.78 is 20.7. The third kappa shape index (κ3) is 3.17. The molecule has 0 bridgehead atoms. The molecule has 0 aliphatic heterocycles. The number of oxazole rings is 1. The molecule has 1 amide bonds. The first-order valence-corrected chi connectivity index (χ1v) is 8.55. The molecule has 0 radical (unpaired) electrons. The number of benzene rings is 2. The van der Waals surface area contributed by atoms with E-state index >= 15 is 0 Å². The predicted molar refractivity (Wildman–Crippen MR) is 98.0 cm³/mol. The van der Waals surface area contributed by atoms with Gasteiger partial charge in [0.05, 0.1) is 10.7 Å². The van der Waals surface area contributed by atoms with Gasteiger partial charge in [0.25, 0.3) is 5.91 Å². The van der Waals surface area contributed by atoms with Gasteiger partial charge in [-0.15, -0.1) is 5.10 Å². The highest BCUT2D eigenvalue weighted by Gasteiger charge is 2.22. The second kappa shape index (κ2) is 6.85. The Morgan fingerprint density at radius 2 is 1.96 bits per heavy atom. The zero-order valence-corrected chi connectivity index (χ0v) is 15.0. The molecule has 8 heteroatoms. The summed E-state index contributed by atoms with van der Waals surface area (Å²) in [5, 5.41) is 7.53. The van der Waals surface area contributed by atoms with Crippen LogP contribution in [0.4, 0.5) is 4.39 Å². The molecular formula is C19H14ClFN4O2. The predicted octanol–water partition coefficient (Wildman–Crippen LogP) is 4.02. The van der Waals surface area contributed by atoms with Crippen LogP contribution < -0.4 is 5.32 Å². The fourth-order valence-corrected chi connectivity index (χ4v) is 2.93. The maximum absolute atomic E-state index is 13.7. The number of aryl methyl sites for hydroxylation is 1. The number of hydrogen-bond acceptors (Lipinski definition) is 4. The van der Waals surface area contributed by atoms with Crippen molar-refractivity contribution in [3.05, 3.63) is 76.4 Å². The summed E-state index contributed by atoms with van der Waals surface area (Å²) in [6, 6.07) is 13.4. The van der Waals surface area contributed by atoms with Crippen LogP contribution in [0.25, 0.3) is 17.2 Å². The van der Waals surface area contributed by atoms with E-state index in [0.717, 1.165) is 0 Å². The molecule has 1 N–H and O–H groups in total. The average Bonchev–Trinajstić information content (AvgIpc) is 3.21.